The minimum Gasteiger partial charge on any atom is -0.508 e. The first-order valence-corrected chi connectivity index (χ1v) is 5.28. The number of unbranched alkanes of at least 4 members (excludes halogenated alkanes) is 1. The third kappa shape index (κ3) is 3.04. The molecular weight excluding hydrogens is 174 g/mol. The Balaban J connectivity index is 2.64. The van der Waals surface area contributed by atoms with Crippen molar-refractivity contribution in [3.63, 3.8) is 0 Å². The summed E-state index contributed by atoms with van der Waals surface area (Å²) in [6.07, 6.45) is 4.02. The number of aromatic hydroxyl groups is 1. The molecule has 0 atom stereocenters. The van der Waals surface area contributed by atoms with Gasteiger partial charge in [-0.05, 0) is 49.4 Å². The molecule has 0 unspecified atom stereocenters. The Morgan fingerprint density at radius 2 is 2.07 bits per heavy atom. The molecule has 1 aromatic carbocycles. The molecule has 0 aliphatic heterocycles. The van der Waals surface area contributed by atoms with E-state index in [0.717, 1.165) is 37.8 Å². The van der Waals surface area contributed by atoms with Gasteiger partial charge in [0.1, 0.15) is 5.75 Å². The van der Waals surface area contributed by atoms with Crippen LogP contribution in [0.25, 0.3) is 0 Å². The minimum absolute atomic E-state index is 0.416. The van der Waals surface area contributed by atoms with Gasteiger partial charge >= 0.3 is 0 Å². The van der Waals surface area contributed by atoms with Crippen LogP contribution in [0.4, 0.5) is 0 Å². The lowest BCUT2D eigenvalue weighted by Gasteiger charge is -2.06. The van der Waals surface area contributed by atoms with E-state index in [2.05, 4.69) is 13.0 Å². The molecule has 1 rings (SSSR count). The van der Waals surface area contributed by atoms with Crippen LogP contribution in [0.15, 0.2) is 18.2 Å². The Morgan fingerprint density at radius 1 is 1.29 bits per heavy atom. The summed E-state index contributed by atoms with van der Waals surface area (Å²) in [6, 6.07) is 5.85. The second-order valence-corrected chi connectivity index (χ2v) is 3.56. The van der Waals surface area contributed by atoms with Crippen LogP contribution < -0.4 is 5.73 Å². The largest absolute Gasteiger partial charge is 0.508 e. The van der Waals surface area contributed by atoms with Crippen molar-refractivity contribution in [3.8, 4) is 5.75 Å². The van der Waals surface area contributed by atoms with Gasteiger partial charge in [0.25, 0.3) is 0 Å². The number of rotatable bonds is 5. The number of phenolic OH excluding ortho intramolecular Hbond substituents is 1. The summed E-state index contributed by atoms with van der Waals surface area (Å²) in [5, 5.41) is 9.60. The normalized spacial score (nSPS) is 10.4. The first-order valence-electron chi connectivity index (χ1n) is 5.28. The van der Waals surface area contributed by atoms with Gasteiger partial charge in [0.15, 0.2) is 0 Å². The van der Waals surface area contributed by atoms with Crippen LogP contribution >= 0.6 is 0 Å². The third-order valence-corrected chi connectivity index (χ3v) is 2.45. The first kappa shape index (κ1) is 11.1. The number of hydrogen-bond donors (Lipinski definition) is 2. The van der Waals surface area contributed by atoms with E-state index < -0.39 is 0 Å². The topological polar surface area (TPSA) is 46.2 Å². The SMILES string of the molecule is CCc1ccc(O)c(CCCCN)c1. The third-order valence-electron chi connectivity index (χ3n) is 2.45. The zero-order chi connectivity index (χ0) is 10.4. The summed E-state index contributed by atoms with van der Waals surface area (Å²) in [7, 11) is 0. The molecular formula is C12H19NO. The highest BCUT2D eigenvalue weighted by Gasteiger charge is 2.01. The van der Waals surface area contributed by atoms with Crippen LogP contribution in [0.2, 0.25) is 0 Å². The minimum atomic E-state index is 0.416. The van der Waals surface area contributed by atoms with Crippen molar-refractivity contribution in [1.82, 2.24) is 0 Å². The Kier molecular flexibility index (Phi) is 4.47. The molecule has 0 bridgehead atoms. The highest BCUT2D eigenvalue weighted by molar-refractivity contribution is 5.36. The van der Waals surface area contributed by atoms with E-state index in [1.165, 1.54) is 5.56 Å². The average Bonchev–Trinajstić information content (AvgIpc) is 2.21. The van der Waals surface area contributed by atoms with Crippen LogP contribution in [0, 0.1) is 0 Å². The maximum atomic E-state index is 9.60. The molecule has 0 spiro atoms. The van der Waals surface area contributed by atoms with Gasteiger partial charge in [0, 0.05) is 0 Å². The quantitative estimate of drug-likeness (QED) is 0.704. The van der Waals surface area contributed by atoms with E-state index >= 15 is 0 Å². The summed E-state index contributed by atoms with van der Waals surface area (Å²) in [6.45, 7) is 2.85. The average molecular weight is 193 g/mol. The molecule has 0 aromatic heterocycles. The van der Waals surface area contributed by atoms with Crippen molar-refractivity contribution >= 4 is 0 Å². The highest BCUT2D eigenvalue weighted by Crippen LogP contribution is 2.20. The smallest absolute Gasteiger partial charge is 0.118 e. The van der Waals surface area contributed by atoms with Crippen LogP contribution in [-0.4, -0.2) is 11.7 Å². The molecule has 78 valence electrons. The van der Waals surface area contributed by atoms with Gasteiger partial charge in [-0.2, -0.15) is 0 Å². The van der Waals surface area contributed by atoms with Gasteiger partial charge in [-0.1, -0.05) is 19.1 Å². The zero-order valence-electron chi connectivity index (χ0n) is 8.79. The molecule has 0 radical (unpaired) electrons. The van der Waals surface area contributed by atoms with E-state index in [1.54, 1.807) is 6.07 Å². The van der Waals surface area contributed by atoms with E-state index in [0.29, 0.717) is 5.75 Å². The van der Waals surface area contributed by atoms with Crippen molar-refractivity contribution in [2.24, 2.45) is 5.73 Å². The lowest BCUT2D eigenvalue weighted by molar-refractivity contribution is 0.466. The fourth-order valence-corrected chi connectivity index (χ4v) is 1.52. The molecule has 0 saturated heterocycles. The molecule has 0 amide bonds. The monoisotopic (exact) mass is 193 g/mol. The Hall–Kier alpha value is -1.02. The molecule has 14 heavy (non-hydrogen) atoms. The zero-order valence-corrected chi connectivity index (χ0v) is 8.79. The van der Waals surface area contributed by atoms with E-state index in [4.69, 9.17) is 5.73 Å². The number of nitrogens with two attached hydrogens (primary N) is 1. The number of aryl methyl sites for hydroxylation is 2. The summed E-state index contributed by atoms with van der Waals surface area (Å²) >= 11 is 0. The van der Waals surface area contributed by atoms with Crippen molar-refractivity contribution in [2.75, 3.05) is 6.54 Å². The lowest BCUT2D eigenvalue weighted by atomic mass is 10.0. The predicted octanol–water partition coefficient (Wildman–Crippen LogP) is 2.24. The second kappa shape index (κ2) is 5.66. The predicted molar refractivity (Wildman–Crippen MR) is 59.5 cm³/mol. The summed E-state index contributed by atoms with van der Waals surface area (Å²) < 4.78 is 0. The van der Waals surface area contributed by atoms with Gasteiger partial charge in [0.05, 0.1) is 0 Å². The maximum Gasteiger partial charge on any atom is 0.118 e. The molecule has 2 heteroatoms. The molecule has 1 aromatic rings. The van der Waals surface area contributed by atoms with E-state index in [-0.39, 0.29) is 0 Å². The summed E-state index contributed by atoms with van der Waals surface area (Å²) in [5.74, 6) is 0.416. The van der Waals surface area contributed by atoms with Gasteiger partial charge < -0.3 is 10.8 Å². The van der Waals surface area contributed by atoms with Crippen molar-refractivity contribution in [3.05, 3.63) is 29.3 Å². The Labute approximate surface area is 85.8 Å². The maximum absolute atomic E-state index is 9.60. The highest BCUT2D eigenvalue weighted by atomic mass is 16.3. The second-order valence-electron chi connectivity index (χ2n) is 3.56. The molecule has 0 saturated carbocycles. The van der Waals surface area contributed by atoms with Gasteiger partial charge in [-0.15, -0.1) is 0 Å². The van der Waals surface area contributed by atoms with Gasteiger partial charge in [-0.3, -0.25) is 0 Å². The molecule has 0 aliphatic carbocycles. The molecule has 0 aliphatic rings. The molecule has 3 N–H and O–H groups in total. The van der Waals surface area contributed by atoms with E-state index in [9.17, 15) is 5.11 Å². The Bertz CT molecular complexity index is 284. The molecule has 0 heterocycles. The van der Waals surface area contributed by atoms with Crippen LogP contribution in [0.1, 0.15) is 30.9 Å². The standard InChI is InChI=1S/C12H19NO/c1-2-10-6-7-12(14)11(9-10)5-3-4-8-13/h6-7,9,14H,2-5,8,13H2,1H3. The number of benzene rings is 1. The molecule has 2 nitrogen and oxygen atoms in total. The van der Waals surface area contributed by atoms with Crippen molar-refractivity contribution in [2.45, 2.75) is 32.6 Å². The number of phenols is 1. The van der Waals surface area contributed by atoms with E-state index in [1.807, 2.05) is 6.07 Å². The summed E-state index contributed by atoms with van der Waals surface area (Å²) in [5.41, 5.74) is 7.76. The van der Waals surface area contributed by atoms with Gasteiger partial charge in [-0.25, -0.2) is 0 Å². The molecule has 0 fully saturated rings. The number of hydrogen-bond acceptors (Lipinski definition) is 2. The fourth-order valence-electron chi connectivity index (χ4n) is 1.52. The van der Waals surface area contributed by atoms with Crippen LogP contribution in [-0.2, 0) is 12.8 Å². The van der Waals surface area contributed by atoms with Crippen LogP contribution in [0.5, 0.6) is 5.75 Å². The van der Waals surface area contributed by atoms with Crippen molar-refractivity contribution < 1.29 is 5.11 Å². The summed E-state index contributed by atoms with van der Waals surface area (Å²) in [4.78, 5) is 0. The lowest BCUT2D eigenvalue weighted by Crippen LogP contribution is -1.99. The van der Waals surface area contributed by atoms with Crippen molar-refractivity contribution in [1.29, 1.82) is 0 Å². The first-order chi connectivity index (χ1) is 6.77. The fraction of sp³-hybridized carbons (Fsp3) is 0.500. The van der Waals surface area contributed by atoms with Crippen LogP contribution in [0.3, 0.4) is 0 Å². The Morgan fingerprint density at radius 3 is 2.71 bits per heavy atom. The van der Waals surface area contributed by atoms with Gasteiger partial charge in [0.2, 0.25) is 0 Å².